The third-order valence-electron chi connectivity index (χ3n) is 4.58. The molecule has 3 N–H and O–H groups in total. The highest BCUT2D eigenvalue weighted by molar-refractivity contribution is 5.78. The molecule has 0 aromatic heterocycles. The van der Waals surface area contributed by atoms with E-state index < -0.39 is 0 Å². The Kier molecular flexibility index (Phi) is 6.13. The minimum absolute atomic E-state index is 0.0212. The Morgan fingerprint density at radius 3 is 2.44 bits per heavy atom. The van der Waals surface area contributed by atoms with Crippen molar-refractivity contribution >= 4 is 5.91 Å². The molecule has 1 amide bonds. The second-order valence-corrected chi connectivity index (χ2v) is 6.38. The van der Waals surface area contributed by atoms with Gasteiger partial charge in [-0.2, -0.15) is 0 Å². The first-order valence-corrected chi connectivity index (χ1v) is 7.49. The smallest absolute Gasteiger partial charge is 0.224 e. The second-order valence-electron chi connectivity index (χ2n) is 6.38. The van der Waals surface area contributed by atoms with Crippen LogP contribution in [0.3, 0.4) is 0 Å². The molecule has 1 rings (SSSR count). The van der Waals surface area contributed by atoms with E-state index in [2.05, 4.69) is 19.2 Å². The van der Waals surface area contributed by atoms with Gasteiger partial charge in [-0.25, -0.2) is 0 Å². The molecular formula is C15H30N2O. The number of hydrogen-bond donors (Lipinski definition) is 2. The van der Waals surface area contributed by atoms with E-state index in [0.717, 1.165) is 18.9 Å². The molecular weight excluding hydrogens is 224 g/mol. The Morgan fingerprint density at radius 2 is 1.94 bits per heavy atom. The molecule has 1 atom stereocenters. The van der Waals surface area contributed by atoms with Gasteiger partial charge in [0.05, 0.1) is 0 Å². The summed E-state index contributed by atoms with van der Waals surface area (Å²) in [5.41, 5.74) is 5.82. The number of rotatable bonds is 6. The Hall–Kier alpha value is -0.570. The largest absolute Gasteiger partial charge is 0.355 e. The van der Waals surface area contributed by atoms with Gasteiger partial charge in [-0.15, -0.1) is 0 Å². The van der Waals surface area contributed by atoms with E-state index in [1.165, 1.54) is 32.1 Å². The SMILES string of the molecule is CCC(CN)C(=O)NCC(C)(C)C1CCCCC1. The highest BCUT2D eigenvalue weighted by Crippen LogP contribution is 2.37. The molecule has 1 aliphatic rings. The van der Waals surface area contributed by atoms with E-state index in [9.17, 15) is 4.79 Å². The van der Waals surface area contributed by atoms with Gasteiger partial charge < -0.3 is 11.1 Å². The fraction of sp³-hybridized carbons (Fsp3) is 0.933. The zero-order valence-corrected chi connectivity index (χ0v) is 12.3. The standard InChI is InChI=1S/C15H30N2O/c1-4-12(10-16)14(18)17-11-15(2,3)13-8-6-5-7-9-13/h12-13H,4-11,16H2,1-3H3,(H,17,18). The molecule has 0 aromatic rings. The van der Waals surface area contributed by atoms with Gasteiger partial charge in [-0.05, 0) is 30.6 Å². The predicted octanol–water partition coefficient (Wildman–Crippen LogP) is 2.69. The molecule has 0 heterocycles. The Labute approximate surface area is 112 Å². The van der Waals surface area contributed by atoms with E-state index in [1.54, 1.807) is 0 Å². The molecule has 18 heavy (non-hydrogen) atoms. The van der Waals surface area contributed by atoms with Gasteiger partial charge in [0, 0.05) is 19.0 Å². The second kappa shape index (κ2) is 7.13. The van der Waals surface area contributed by atoms with E-state index in [0.29, 0.717) is 6.54 Å². The lowest BCUT2D eigenvalue weighted by molar-refractivity contribution is -0.125. The molecule has 3 heteroatoms. The summed E-state index contributed by atoms with van der Waals surface area (Å²) in [4.78, 5) is 11.9. The van der Waals surface area contributed by atoms with Crippen molar-refractivity contribution in [3.63, 3.8) is 0 Å². The van der Waals surface area contributed by atoms with Crippen LogP contribution in [-0.4, -0.2) is 19.0 Å². The fourth-order valence-electron chi connectivity index (χ4n) is 2.95. The Bertz CT molecular complexity index is 253. The number of carbonyl (C=O) groups is 1. The molecule has 1 saturated carbocycles. The topological polar surface area (TPSA) is 55.1 Å². The lowest BCUT2D eigenvalue weighted by Gasteiger charge is -2.37. The molecule has 0 spiro atoms. The third-order valence-corrected chi connectivity index (χ3v) is 4.58. The summed E-state index contributed by atoms with van der Waals surface area (Å²) >= 11 is 0. The highest BCUT2D eigenvalue weighted by atomic mass is 16.1. The summed E-state index contributed by atoms with van der Waals surface area (Å²) < 4.78 is 0. The number of carbonyl (C=O) groups excluding carboxylic acids is 1. The van der Waals surface area contributed by atoms with Crippen LogP contribution in [0.25, 0.3) is 0 Å². The maximum atomic E-state index is 11.9. The summed E-state index contributed by atoms with van der Waals surface area (Å²) in [5.74, 6) is 0.862. The number of amides is 1. The van der Waals surface area contributed by atoms with Crippen molar-refractivity contribution in [2.24, 2.45) is 23.0 Å². The maximum absolute atomic E-state index is 11.9. The van der Waals surface area contributed by atoms with Crippen LogP contribution >= 0.6 is 0 Å². The normalized spacial score (nSPS) is 19.6. The molecule has 0 aromatic carbocycles. The van der Waals surface area contributed by atoms with Crippen LogP contribution in [0, 0.1) is 17.3 Å². The first-order chi connectivity index (χ1) is 8.51. The highest BCUT2D eigenvalue weighted by Gasteiger charge is 2.31. The van der Waals surface area contributed by atoms with Gasteiger partial charge in [-0.1, -0.05) is 40.0 Å². The fourth-order valence-corrected chi connectivity index (χ4v) is 2.95. The van der Waals surface area contributed by atoms with E-state index in [1.807, 2.05) is 6.92 Å². The van der Waals surface area contributed by atoms with Gasteiger partial charge in [0.2, 0.25) is 5.91 Å². The first kappa shape index (κ1) is 15.5. The van der Waals surface area contributed by atoms with Crippen molar-refractivity contribution in [1.29, 1.82) is 0 Å². The molecule has 0 saturated heterocycles. The Morgan fingerprint density at radius 1 is 1.33 bits per heavy atom. The maximum Gasteiger partial charge on any atom is 0.224 e. The molecule has 3 nitrogen and oxygen atoms in total. The number of nitrogens with one attached hydrogen (secondary N) is 1. The van der Waals surface area contributed by atoms with Gasteiger partial charge in [0.15, 0.2) is 0 Å². The monoisotopic (exact) mass is 254 g/mol. The zero-order chi connectivity index (χ0) is 13.6. The molecule has 1 fully saturated rings. The van der Waals surface area contributed by atoms with Crippen LogP contribution in [-0.2, 0) is 4.79 Å². The molecule has 106 valence electrons. The number of nitrogens with two attached hydrogens (primary N) is 1. The first-order valence-electron chi connectivity index (χ1n) is 7.49. The molecule has 0 radical (unpaired) electrons. The summed E-state index contributed by atoms with van der Waals surface area (Å²) in [6.45, 7) is 7.82. The average molecular weight is 254 g/mol. The van der Waals surface area contributed by atoms with Crippen LogP contribution in [0.15, 0.2) is 0 Å². The van der Waals surface area contributed by atoms with Crippen molar-refractivity contribution in [2.45, 2.75) is 59.3 Å². The average Bonchev–Trinajstić information content (AvgIpc) is 2.39. The summed E-state index contributed by atoms with van der Waals surface area (Å²) in [5, 5.41) is 3.10. The van der Waals surface area contributed by atoms with Crippen LogP contribution in [0.1, 0.15) is 59.3 Å². The molecule has 1 unspecified atom stereocenters. The zero-order valence-electron chi connectivity index (χ0n) is 12.3. The molecule has 0 aliphatic heterocycles. The summed E-state index contributed by atoms with van der Waals surface area (Å²) in [6.07, 6.45) is 7.54. The van der Waals surface area contributed by atoms with E-state index >= 15 is 0 Å². The quantitative estimate of drug-likeness (QED) is 0.765. The van der Waals surface area contributed by atoms with Gasteiger partial charge in [0.1, 0.15) is 0 Å². The lowest BCUT2D eigenvalue weighted by Crippen LogP contribution is -2.42. The summed E-state index contributed by atoms with van der Waals surface area (Å²) in [7, 11) is 0. The summed E-state index contributed by atoms with van der Waals surface area (Å²) in [6, 6.07) is 0. The predicted molar refractivity (Wildman–Crippen MR) is 76.2 cm³/mol. The number of hydrogen-bond acceptors (Lipinski definition) is 2. The van der Waals surface area contributed by atoms with E-state index in [-0.39, 0.29) is 17.2 Å². The van der Waals surface area contributed by atoms with Crippen molar-refractivity contribution in [1.82, 2.24) is 5.32 Å². The minimum Gasteiger partial charge on any atom is -0.355 e. The van der Waals surface area contributed by atoms with Crippen molar-refractivity contribution in [3.05, 3.63) is 0 Å². The third kappa shape index (κ3) is 4.27. The molecule has 1 aliphatic carbocycles. The van der Waals surface area contributed by atoms with Crippen molar-refractivity contribution in [3.8, 4) is 0 Å². The van der Waals surface area contributed by atoms with Crippen LogP contribution in [0.2, 0.25) is 0 Å². The van der Waals surface area contributed by atoms with Gasteiger partial charge >= 0.3 is 0 Å². The lowest BCUT2D eigenvalue weighted by atomic mass is 9.71. The van der Waals surface area contributed by atoms with Crippen molar-refractivity contribution in [2.75, 3.05) is 13.1 Å². The van der Waals surface area contributed by atoms with Crippen molar-refractivity contribution < 1.29 is 4.79 Å². The van der Waals surface area contributed by atoms with Crippen LogP contribution < -0.4 is 11.1 Å². The van der Waals surface area contributed by atoms with Crippen LogP contribution in [0.5, 0.6) is 0 Å². The Balaban J connectivity index is 2.42. The minimum atomic E-state index is -0.0212. The van der Waals surface area contributed by atoms with E-state index in [4.69, 9.17) is 5.73 Å². The molecule has 0 bridgehead atoms. The van der Waals surface area contributed by atoms with Gasteiger partial charge in [-0.3, -0.25) is 4.79 Å². The van der Waals surface area contributed by atoms with Gasteiger partial charge in [0.25, 0.3) is 0 Å². The van der Waals surface area contributed by atoms with Crippen LogP contribution in [0.4, 0.5) is 0 Å².